The van der Waals surface area contributed by atoms with Gasteiger partial charge >= 0.3 is 0 Å². The molecular formula is C19H17N3O3S2. The Morgan fingerprint density at radius 2 is 1.96 bits per heavy atom. The van der Waals surface area contributed by atoms with E-state index in [-0.39, 0.29) is 12.7 Å². The molecule has 0 saturated carbocycles. The molecule has 0 fully saturated rings. The van der Waals surface area contributed by atoms with Gasteiger partial charge in [-0.25, -0.2) is 0 Å². The van der Waals surface area contributed by atoms with Crippen LogP contribution in [0.2, 0.25) is 0 Å². The number of thiazole rings is 1. The number of fused-ring (bicyclic) bond motifs is 1. The number of ether oxygens (including phenoxy) is 2. The van der Waals surface area contributed by atoms with Crippen molar-refractivity contribution in [3.8, 4) is 17.2 Å². The Morgan fingerprint density at radius 1 is 1.22 bits per heavy atom. The molecule has 0 aliphatic carbocycles. The summed E-state index contributed by atoms with van der Waals surface area (Å²) in [4.78, 5) is 13.0. The summed E-state index contributed by atoms with van der Waals surface area (Å²) < 4.78 is 12.9. The molecule has 27 heavy (non-hydrogen) atoms. The fourth-order valence-electron chi connectivity index (χ4n) is 2.80. The topological polar surface area (TPSA) is 78.5 Å². The number of hydrogen-bond acceptors (Lipinski definition) is 6. The van der Waals surface area contributed by atoms with Gasteiger partial charge < -0.3 is 20.5 Å². The van der Waals surface area contributed by atoms with Crippen molar-refractivity contribution in [1.82, 2.24) is 9.88 Å². The molecule has 3 aromatic rings. The molecule has 0 unspecified atom stereocenters. The lowest BCUT2D eigenvalue weighted by Crippen LogP contribution is -2.23. The second kappa shape index (κ2) is 7.05. The number of nitrogens with one attached hydrogen (secondary N) is 1. The number of aromatic nitrogens is 1. The molecule has 0 bridgehead atoms. The van der Waals surface area contributed by atoms with Crippen molar-refractivity contribution < 1.29 is 14.3 Å². The van der Waals surface area contributed by atoms with Gasteiger partial charge in [0.2, 0.25) is 6.79 Å². The third kappa shape index (κ3) is 3.41. The van der Waals surface area contributed by atoms with E-state index in [9.17, 15) is 4.79 Å². The molecule has 1 aliphatic rings. The fourth-order valence-corrected chi connectivity index (χ4v) is 4.08. The molecule has 1 aromatic heterocycles. The van der Waals surface area contributed by atoms with E-state index >= 15 is 0 Å². The number of anilines is 1. The van der Waals surface area contributed by atoms with E-state index in [1.165, 1.54) is 11.3 Å². The van der Waals surface area contributed by atoms with E-state index in [4.69, 9.17) is 27.4 Å². The summed E-state index contributed by atoms with van der Waals surface area (Å²) in [6.07, 6.45) is 0. The first kappa shape index (κ1) is 17.6. The van der Waals surface area contributed by atoms with Gasteiger partial charge in [-0.3, -0.25) is 9.36 Å². The van der Waals surface area contributed by atoms with Gasteiger partial charge in [-0.1, -0.05) is 35.1 Å². The maximum Gasteiger partial charge on any atom is 0.265 e. The van der Waals surface area contributed by atoms with Crippen molar-refractivity contribution in [1.29, 1.82) is 0 Å². The summed E-state index contributed by atoms with van der Waals surface area (Å²) in [5, 5.41) is 2.88. The zero-order valence-electron chi connectivity index (χ0n) is 14.5. The Morgan fingerprint density at radius 3 is 2.74 bits per heavy atom. The number of benzene rings is 2. The van der Waals surface area contributed by atoms with Gasteiger partial charge in [-0.2, -0.15) is 0 Å². The summed E-state index contributed by atoms with van der Waals surface area (Å²) >= 11 is 6.62. The predicted molar refractivity (Wildman–Crippen MR) is 107 cm³/mol. The third-order valence-corrected chi connectivity index (χ3v) is 5.62. The van der Waals surface area contributed by atoms with E-state index in [0.29, 0.717) is 32.7 Å². The lowest BCUT2D eigenvalue weighted by atomic mass is 10.2. The monoisotopic (exact) mass is 399 g/mol. The highest BCUT2D eigenvalue weighted by atomic mass is 32.1. The highest BCUT2D eigenvalue weighted by molar-refractivity contribution is 7.73. The quantitative estimate of drug-likeness (QED) is 0.652. The SMILES string of the molecule is Cc1ccc(-n2c(N)c(C(=O)NCc3ccc4c(c3)OCO4)sc2=S)cc1. The maximum atomic E-state index is 12.6. The van der Waals surface area contributed by atoms with Crippen molar-refractivity contribution in [2.24, 2.45) is 0 Å². The molecule has 1 aliphatic heterocycles. The second-order valence-corrected chi connectivity index (χ2v) is 7.77. The van der Waals surface area contributed by atoms with E-state index in [2.05, 4.69) is 5.32 Å². The molecule has 0 spiro atoms. The second-order valence-electron chi connectivity index (χ2n) is 6.12. The number of aryl methyl sites for hydroxylation is 1. The van der Waals surface area contributed by atoms with Crippen LogP contribution in [0.25, 0.3) is 5.69 Å². The molecule has 0 radical (unpaired) electrons. The lowest BCUT2D eigenvalue weighted by molar-refractivity contribution is 0.0955. The average molecular weight is 399 g/mol. The Balaban J connectivity index is 1.53. The molecule has 138 valence electrons. The first-order valence-electron chi connectivity index (χ1n) is 8.28. The van der Waals surface area contributed by atoms with Crippen LogP contribution in [0, 0.1) is 10.9 Å². The standard InChI is InChI=1S/C19H17N3O3S2/c1-11-2-5-13(6-3-11)22-17(20)16(27-19(22)26)18(23)21-9-12-4-7-14-15(8-12)25-10-24-14/h2-8H,9-10,20H2,1H3,(H,21,23). The zero-order chi connectivity index (χ0) is 19.0. The van der Waals surface area contributed by atoms with Crippen LogP contribution in [-0.4, -0.2) is 17.3 Å². The van der Waals surface area contributed by atoms with Crippen LogP contribution in [0.15, 0.2) is 42.5 Å². The third-order valence-electron chi connectivity index (χ3n) is 4.23. The van der Waals surface area contributed by atoms with Crippen LogP contribution >= 0.6 is 23.6 Å². The summed E-state index contributed by atoms with van der Waals surface area (Å²) in [5.74, 6) is 1.48. The van der Waals surface area contributed by atoms with Gasteiger partial charge in [-0.15, -0.1) is 0 Å². The van der Waals surface area contributed by atoms with Crippen LogP contribution in [0.3, 0.4) is 0 Å². The van der Waals surface area contributed by atoms with Crippen molar-refractivity contribution >= 4 is 35.3 Å². The number of nitrogens with two attached hydrogens (primary N) is 1. The van der Waals surface area contributed by atoms with Crippen LogP contribution < -0.4 is 20.5 Å². The van der Waals surface area contributed by atoms with Crippen LogP contribution in [-0.2, 0) is 6.54 Å². The molecule has 6 nitrogen and oxygen atoms in total. The number of rotatable bonds is 4. The van der Waals surface area contributed by atoms with E-state index in [0.717, 1.165) is 16.8 Å². The highest BCUT2D eigenvalue weighted by Crippen LogP contribution is 2.32. The minimum Gasteiger partial charge on any atom is -0.454 e. The number of carbonyl (C=O) groups is 1. The minimum absolute atomic E-state index is 0.220. The first-order valence-corrected chi connectivity index (χ1v) is 9.50. The van der Waals surface area contributed by atoms with Gasteiger partial charge in [0.15, 0.2) is 15.5 Å². The smallest absolute Gasteiger partial charge is 0.265 e. The van der Waals surface area contributed by atoms with Gasteiger partial charge in [0.05, 0.1) is 0 Å². The average Bonchev–Trinajstić information content (AvgIpc) is 3.24. The number of nitrogen functional groups attached to an aromatic ring is 1. The Hall–Kier alpha value is -2.84. The summed E-state index contributed by atoms with van der Waals surface area (Å²) in [5.41, 5.74) is 9.12. The Labute approximate surface area is 165 Å². The first-order chi connectivity index (χ1) is 13.0. The Bertz CT molecular complexity index is 1070. The molecule has 0 atom stereocenters. The minimum atomic E-state index is -0.257. The van der Waals surface area contributed by atoms with Crippen LogP contribution in [0.5, 0.6) is 11.5 Å². The molecular weight excluding hydrogens is 382 g/mol. The van der Waals surface area contributed by atoms with Gasteiger partial charge in [0.25, 0.3) is 5.91 Å². The normalized spacial score (nSPS) is 12.2. The van der Waals surface area contributed by atoms with Crippen molar-refractivity contribution in [3.63, 3.8) is 0 Å². The molecule has 4 rings (SSSR count). The predicted octanol–water partition coefficient (Wildman–Crippen LogP) is 3.82. The van der Waals surface area contributed by atoms with Crippen molar-refractivity contribution in [2.45, 2.75) is 13.5 Å². The fraction of sp³-hybridized carbons (Fsp3) is 0.158. The summed E-state index contributed by atoms with van der Waals surface area (Å²) in [7, 11) is 0. The van der Waals surface area contributed by atoms with E-state index < -0.39 is 0 Å². The maximum absolute atomic E-state index is 12.6. The number of carbonyl (C=O) groups excluding carboxylic acids is 1. The van der Waals surface area contributed by atoms with E-state index in [1.54, 1.807) is 4.57 Å². The van der Waals surface area contributed by atoms with Crippen LogP contribution in [0.1, 0.15) is 20.8 Å². The molecule has 2 aromatic carbocycles. The molecule has 0 saturated heterocycles. The molecule has 3 N–H and O–H groups in total. The summed E-state index contributed by atoms with van der Waals surface area (Å²) in [6.45, 7) is 2.58. The van der Waals surface area contributed by atoms with Crippen molar-refractivity contribution in [2.75, 3.05) is 12.5 Å². The van der Waals surface area contributed by atoms with Gasteiger partial charge in [0, 0.05) is 12.2 Å². The van der Waals surface area contributed by atoms with Crippen molar-refractivity contribution in [3.05, 3.63) is 62.4 Å². The summed E-state index contributed by atoms with van der Waals surface area (Å²) in [6, 6.07) is 13.4. The number of amides is 1. The van der Waals surface area contributed by atoms with Gasteiger partial charge in [0.1, 0.15) is 10.7 Å². The Kier molecular flexibility index (Phi) is 4.59. The van der Waals surface area contributed by atoms with Crippen LogP contribution in [0.4, 0.5) is 5.82 Å². The highest BCUT2D eigenvalue weighted by Gasteiger charge is 2.19. The number of nitrogens with zero attached hydrogens (tertiary/aromatic N) is 1. The van der Waals surface area contributed by atoms with E-state index in [1.807, 2.05) is 49.4 Å². The number of hydrogen-bond donors (Lipinski definition) is 2. The molecule has 1 amide bonds. The zero-order valence-corrected chi connectivity index (χ0v) is 16.2. The lowest BCUT2D eigenvalue weighted by Gasteiger charge is -2.08. The van der Waals surface area contributed by atoms with Gasteiger partial charge in [-0.05, 0) is 49.0 Å². The molecule has 8 heteroatoms. The molecule has 2 heterocycles. The largest absolute Gasteiger partial charge is 0.454 e.